The predicted molar refractivity (Wildman–Crippen MR) is 133 cm³/mol. The van der Waals surface area contributed by atoms with Crippen molar-refractivity contribution in [3.8, 4) is 11.3 Å². The van der Waals surface area contributed by atoms with Crippen LogP contribution < -0.4 is 4.90 Å². The van der Waals surface area contributed by atoms with E-state index in [-0.39, 0.29) is 11.3 Å². The van der Waals surface area contributed by atoms with Crippen LogP contribution in [0.25, 0.3) is 22.3 Å². The van der Waals surface area contributed by atoms with Crippen LogP contribution in [-0.4, -0.2) is 44.7 Å². The maximum atomic E-state index is 13.2. The van der Waals surface area contributed by atoms with Crippen molar-refractivity contribution in [1.82, 2.24) is 14.8 Å². The number of hydrogen-bond donors (Lipinski definition) is 0. The van der Waals surface area contributed by atoms with Crippen molar-refractivity contribution in [2.45, 2.75) is 26.3 Å². The van der Waals surface area contributed by atoms with Gasteiger partial charge in [0.15, 0.2) is 12.3 Å². The fourth-order valence-corrected chi connectivity index (χ4v) is 4.44. The van der Waals surface area contributed by atoms with E-state index in [0.717, 1.165) is 11.1 Å². The number of fused-ring (bicyclic) bond motifs is 2. The number of aromatic nitrogens is 3. The molecular formula is C26H23N5O5. The van der Waals surface area contributed by atoms with Crippen LogP contribution >= 0.6 is 0 Å². The summed E-state index contributed by atoms with van der Waals surface area (Å²) in [5.74, 6) is -1.04. The number of rotatable bonds is 6. The smallest absolute Gasteiger partial charge is 0.339 e. The number of amides is 1. The molecule has 0 radical (unpaired) electrons. The van der Waals surface area contributed by atoms with Gasteiger partial charge in [0.25, 0.3) is 11.6 Å². The Hall–Kier alpha value is -4.60. The third kappa shape index (κ3) is 4.28. The Morgan fingerprint density at radius 2 is 1.94 bits per heavy atom. The van der Waals surface area contributed by atoms with Gasteiger partial charge in [0.2, 0.25) is 0 Å². The Morgan fingerprint density at radius 1 is 1.14 bits per heavy atom. The van der Waals surface area contributed by atoms with Crippen LogP contribution in [0.4, 0.5) is 11.4 Å². The molecule has 182 valence electrons. The SMILES string of the molecule is CCn1ncc2c(C(=O)OCC(=O)N3CCCc4cc([N+](=O)[O-])ccc43)cc(-c3ccccc3)nc21. The first-order chi connectivity index (χ1) is 17.5. The molecule has 0 fully saturated rings. The summed E-state index contributed by atoms with van der Waals surface area (Å²) < 4.78 is 7.16. The minimum Gasteiger partial charge on any atom is -0.452 e. The number of anilines is 1. The Morgan fingerprint density at radius 3 is 2.69 bits per heavy atom. The molecule has 4 aromatic rings. The number of esters is 1. The van der Waals surface area contributed by atoms with E-state index in [4.69, 9.17) is 9.72 Å². The Kier molecular flexibility index (Phi) is 6.16. The third-order valence-corrected chi connectivity index (χ3v) is 6.22. The lowest BCUT2D eigenvalue weighted by Crippen LogP contribution is -2.38. The number of ether oxygens (including phenoxy) is 1. The molecule has 2 aromatic heterocycles. The van der Waals surface area contributed by atoms with Crippen molar-refractivity contribution in [2.24, 2.45) is 0 Å². The van der Waals surface area contributed by atoms with E-state index in [1.165, 1.54) is 17.0 Å². The molecule has 36 heavy (non-hydrogen) atoms. The first-order valence-corrected chi connectivity index (χ1v) is 11.6. The highest BCUT2D eigenvalue weighted by molar-refractivity contribution is 6.05. The van der Waals surface area contributed by atoms with Crippen LogP contribution in [0.3, 0.4) is 0 Å². The largest absolute Gasteiger partial charge is 0.452 e. The summed E-state index contributed by atoms with van der Waals surface area (Å²) in [7, 11) is 0. The lowest BCUT2D eigenvalue weighted by atomic mass is 10.0. The van der Waals surface area contributed by atoms with Crippen LogP contribution in [0, 0.1) is 10.1 Å². The van der Waals surface area contributed by atoms with Crippen LogP contribution in [0.2, 0.25) is 0 Å². The second kappa shape index (κ2) is 9.57. The molecule has 1 aliphatic rings. The summed E-state index contributed by atoms with van der Waals surface area (Å²) in [5.41, 5.74) is 3.60. The topological polar surface area (TPSA) is 120 Å². The first kappa shape index (κ1) is 23.2. The fraction of sp³-hybridized carbons (Fsp3) is 0.231. The van der Waals surface area contributed by atoms with Gasteiger partial charge in [-0.15, -0.1) is 0 Å². The van der Waals surface area contributed by atoms with Crippen molar-refractivity contribution >= 4 is 34.3 Å². The molecule has 0 bridgehead atoms. The van der Waals surface area contributed by atoms with E-state index in [2.05, 4.69) is 5.10 Å². The van der Waals surface area contributed by atoms with Gasteiger partial charge < -0.3 is 9.64 Å². The quantitative estimate of drug-likeness (QED) is 0.228. The minimum atomic E-state index is -0.649. The number of benzene rings is 2. The molecule has 1 aliphatic heterocycles. The maximum Gasteiger partial charge on any atom is 0.339 e. The number of carbonyl (C=O) groups is 2. The number of hydrogen-bond acceptors (Lipinski definition) is 7. The molecule has 0 N–H and O–H groups in total. The van der Waals surface area contributed by atoms with E-state index in [9.17, 15) is 19.7 Å². The summed E-state index contributed by atoms with van der Waals surface area (Å²) >= 11 is 0. The predicted octanol–water partition coefficient (Wildman–Crippen LogP) is 4.16. The molecule has 10 nitrogen and oxygen atoms in total. The van der Waals surface area contributed by atoms with Crippen LogP contribution in [0.1, 0.15) is 29.3 Å². The van der Waals surface area contributed by atoms with Crippen LogP contribution in [-0.2, 0) is 22.5 Å². The van der Waals surface area contributed by atoms with Crippen LogP contribution in [0.5, 0.6) is 0 Å². The average Bonchev–Trinajstić information content (AvgIpc) is 3.33. The van der Waals surface area contributed by atoms with Gasteiger partial charge in [0.05, 0.1) is 27.8 Å². The molecule has 0 unspecified atom stereocenters. The Bertz CT molecular complexity index is 1480. The van der Waals surface area contributed by atoms with Crippen LogP contribution in [0.15, 0.2) is 60.8 Å². The van der Waals surface area contributed by atoms with E-state index >= 15 is 0 Å². The molecule has 0 spiro atoms. The molecule has 10 heteroatoms. The van der Waals surface area contributed by atoms with Crippen molar-refractivity contribution in [3.63, 3.8) is 0 Å². The second-order valence-corrected chi connectivity index (χ2v) is 8.41. The molecule has 5 rings (SSSR count). The highest BCUT2D eigenvalue weighted by Gasteiger charge is 2.26. The molecular weight excluding hydrogens is 462 g/mol. The maximum absolute atomic E-state index is 13.2. The third-order valence-electron chi connectivity index (χ3n) is 6.22. The molecule has 0 saturated carbocycles. The second-order valence-electron chi connectivity index (χ2n) is 8.41. The molecule has 0 aliphatic carbocycles. The lowest BCUT2D eigenvalue weighted by molar-refractivity contribution is -0.384. The summed E-state index contributed by atoms with van der Waals surface area (Å²) in [6, 6.07) is 15.6. The molecule has 2 aromatic carbocycles. The van der Waals surface area contributed by atoms with E-state index in [1.54, 1.807) is 23.0 Å². The van der Waals surface area contributed by atoms with E-state index < -0.39 is 23.4 Å². The highest BCUT2D eigenvalue weighted by atomic mass is 16.6. The zero-order valence-corrected chi connectivity index (χ0v) is 19.6. The van der Waals surface area contributed by atoms with Crippen molar-refractivity contribution < 1.29 is 19.2 Å². The molecule has 0 saturated heterocycles. The number of aryl methyl sites for hydroxylation is 2. The van der Waals surface area contributed by atoms with Gasteiger partial charge in [-0.05, 0) is 37.5 Å². The van der Waals surface area contributed by atoms with Gasteiger partial charge >= 0.3 is 5.97 Å². The van der Waals surface area contributed by atoms with Gasteiger partial charge in [0.1, 0.15) is 0 Å². The average molecular weight is 486 g/mol. The molecule has 3 heterocycles. The summed E-state index contributed by atoms with van der Waals surface area (Å²) in [6.45, 7) is 2.50. The minimum absolute atomic E-state index is 0.0157. The van der Waals surface area contributed by atoms with E-state index in [1.807, 2.05) is 37.3 Å². The van der Waals surface area contributed by atoms with Gasteiger partial charge in [-0.25, -0.2) is 14.5 Å². The number of nitro groups is 1. The summed E-state index contributed by atoms with van der Waals surface area (Å²) in [5, 5.41) is 16.0. The monoisotopic (exact) mass is 485 g/mol. The Labute approximate surface area is 206 Å². The normalized spacial score (nSPS) is 12.9. The summed E-state index contributed by atoms with van der Waals surface area (Å²) in [4.78, 5) is 43.0. The number of carbonyl (C=O) groups excluding carboxylic acids is 2. The zero-order chi connectivity index (χ0) is 25.2. The Balaban J connectivity index is 1.39. The van der Waals surface area contributed by atoms with E-state index in [0.29, 0.717) is 48.3 Å². The number of nitro benzene ring substituents is 1. The fourth-order valence-electron chi connectivity index (χ4n) is 4.44. The first-order valence-electron chi connectivity index (χ1n) is 11.6. The van der Waals surface area contributed by atoms with Gasteiger partial charge in [-0.1, -0.05) is 30.3 Å². The van der Waals surface area contributed by atoms with Gasteiger partial charge in [0, 0.05) is 36.5 Å². The summed E-state index contributed by atoms with van der Waals surface area (Å²) in [6.07, 6.45) is 2.88. The number of non-ortho nitro benzene ring substituents is 1. The van der Waals surface area contributed by atoms with Crippen molar-refractivity contribution in [3.05, 3.63) is 82.0 Å². The van der Waals surface area contributed by atoms with Crippen molar-refractivity contribution in [1.29, 1.82) is 0 Å². The lowest BCUT2D eigenvalue weighted by Gasteiger charge is -2.29. The number of nitrogens with zero attached hydrogens (tertiary/aromatic N) is 5. The van der Waals surface area contributed by atoms with Gasteiger partial charge in [-0.3, -0.25) is 14.9 Å². The zero-order valence-electron chi connectivity index (χ0n) is 19.6. The van der Waals surface area contributed by atoms with Crippen molar-refractivity contribution in [2.75, 3.05) is 18.1 Å². The van der Waals surface area contributed by atoms with Gasteiger partial charge in [-0.2, -0.15) is 5.10 Å². The highest BCUT2D eigenvalue weighted by Crippen LogP contribution is 2.31. The standard InChI is InChI=1S/C26H23N5O5/c1-2-30-25-21(15-27-30)20(14-22(28-25)17-7-4-3-5-8-17)26(33)36-16-24(32)29-12-6-9-18-13-19(31(34)35)10-11-23(18)29/h3-5,7-8,10-11,13-15H,2,6,9,12,16H2,1H3. The molecule has 0 atom stereocenters. The molecule has 1 amide bonds. The number of pyridine rings is 1.